The van der Waals surface area contributed by atoms with Crippen molar-refractivity contribution < 1.29 is 14.6 Å². The molecule has 0 heterocycles. The molecule has 1 aliphatic carbocycles. The van der Waals surface area contributed by atoms with Crippen LogP contribution in [-0.4, -0.2) is 23.2 Å². The number of hydrogen-bond donors (Lipinski definition) is 2. The first kappa shape index (κ1) is 11.9. The lowest BCUT2D eigenvalue weighted by molar-refractivity contribution is 0.0696. The van der Waals surface area contributed by atoms with Crippen molar-refractivity contribution in [2.24, 2.45) is 5.73 Å². The topological polar surface area (TPSA) is 72.5 Å². The van der Waals surface area contributed by atoms with Crippen LogP contribution in [0.15, 0.2) is 24.3 Å². The number of carbonyl (C=O) groups is 1. The zero-order chi connectivity index (χ0) is 12.3. The number of carboxylic acid groups (broad SMARTS) is 1. The molecule has 1 saturated carbocycles. The van der Waals surface area contributed by atoms with E-state index in [1.807, 2.05) is 0 Å². The van der Waals surface area contributed by atoms with Gasteiger partial charge in [-0.3, -0.25) is 0 Å². The Morgan fingerprint density at radius 2 is 1.88 bits per heavy atom. The van der Waals surface area contributed by atoms with Crippen LogP contribution in [0.2, 0.25) is 0 Å². The highest BCUT2D eigenvalue weighted by Gasteiger charge is 2.23. The average molecular weight is 235 g/mol. The Labute approximate surface area is 100 Å². The molecule has 4 nitrogen and oxygen atoms in total. The summed E-state index contributed by atoms with van der Waals surface area (Å²) in [5, 5.41) is 8.78. The first-order chi connectivity index (χ1) is 8.16. The fraction of sp³-hybridized carbons (Fsp3) is 0.462. The van der Waals surface area contributed by atoms with Crippen molar-refractivity contribution in [1.82, 2.24) is 0 Å². The van der Waals surface area contributed by atoms with Crippen LogP contribution in [0.25, 0.3) is 0 Å². The van der Waals surface area contributed by atoms with Gasteiger partial charge in [-0.05, 0) is 43.5 Å². The van der Waals surface area contributed by atoms with Crippen molar-refractivity contribution in [1.29, 1.82) is 0 Å². The van der Waals surface area contributed by atoms with Crippen LogP contribution in [0, 0.1) is 0 Å². The first-order valence-electron chi connectivity index (χ1n) is 5.92. The molecule has 2 atom stereocenters. The molecule has 1 aromatic rings. The Bertz CT molecular complexity index is 388. The lowest BCUT2D eigenvalue weighted by Gasteiger charge is -2.29. The molecule has 1 fully saturated rings. The second-order valence-corrected chi connectivity index (χ2v) is 4.43. The van der Waals surface area contributed by atoms with Gasteiger partial charge < -0.3 is 15.6 Å². The van der Waals surface area contributed by atoms with Gasteiger partial charge in [0.1, 0.15) is 11.9 Å². The molecule has 0 aromatic heterocycles. The third-order valence-electron chi connectivity index (χ3n) is 3.14. The van der Waals surface area contributed by atoms with Crippen molar-refractivity contribution in [3.63, 3.8) is 0 Å². The average Bonchev–Trinajstić information content (AvgIpc) is 2.33. The molecule has 0 aliphatic heterocycles. The van der Waals surface area contributed by atoms with Crippen molar-refractivity contribution in [2.75, 3.05) is 0 Å². The second kappa shape index (κ2) is 5.19. The second-order valence-electron chi connectivity index (χ2n) is 4.43. The van der Waals surface area contributed by atoms with E-state index < -0.39 is 5.97 Å². The number of carboxylic acids is 1. The quantitative estimate of drug-likeness (QED) is 0.840. The van der Waals surface area contributed by atoms with E-state index in [1.54, 1.807) is 24.3 Å². The van der Waals surface area contributed by atoms with Crippen LogP contribution < -0.4 is 10.5 Å². The molecule has 0 saturated heterocycles. The van der Waals surface area contributed by atoms with Gasteiger partial charge in [-0.1, -0.05) is 6.42 Å². The predicted molar refractivity (Wildman–Crippen MR) is 64.3 cm³/mol. The minimum Gasteiger partial charge on any atom is -0.489 e. The van der Waals surface area contributed by atoms with Gasteiger partial charge in [-0.2, -0.15) is 0 Å². The van der Waals surface area contributed by atoms with Crippen molar-refractivity contribution >= 4 is 5.97 Å². The molecule has 2 rings (SSSR count). The molecule has 17 heavy (non-hydrogen) atoms. The molecule has 0 radical (unpaired) electrons. The minimum atomic E-state index is -0.925. The van der Waals surface area contributed by atoms with Gasteiger partial charge in [0.05, 0.1) is 5.56 Å². The number of aromatic carboxylic acids is 1. The molecule has 1 aliphatic rings. The molecule has 0 spiro atoms. The van der Waals surface area contributed by atoms with Crippen LogP contribution in [0.5, 0.6) is 5.75 Å². The van der Waals surface area contributed by atoms with E-state index in [9.17, 15) is 4.79 Å². The molecule has 4 heteroatoms. The Morgan fingerprint density at radius 3 is 2.47 bits per heavy atom. The molecule has 0 amide bonds. The summed E-state index contributed by atoms with van der Waals surface area (Å²) in [6, 6.07) is 6.55. The monoisotopic (exact) mass is 235 g/mol. The summed E-state index contributed by atoms with van der Waals surface area (Å²) in [5.41, 5.74) is 6.25. The summed E-state index contributed by atoms with van der Waals surface area (Å²) < 4.78 is 5.78. The Morgan fingerprint density at radius 1 is 1.24 bits per heavy atom. The Kier molecular flexibility index (Phi) is 3.64. The first-order valence-corrected chi connectivity index (χ1v) is 5.92. The fourth-order valence-electron chi connectivity index (χ4n) is 2.12. The van der Waals surface area contributed by atoms with Crippen LogP contribution in [0.4, 0.5) is 0 Å². The highest BCUT2D eigenvalue weighted by Crippen LogP contribution is 2.23. The molecule has 92 valence electrons. The van der Waals surface area contributed by atoms with E-state index in [0.29, 0.717) is 5.75 Å². The van der Waals surface area contributed by atoms with Gasteiger partial charge in [-0.25, -0.2) is 4.79 Å². The largest absolute Gasteiger partial charge is 0.489 e. The summed E-state index contributed by atoms with van der Waals surface area (Å²) in [6.07, 6.45) is 4.34. The highest BCUT2D eigenvalue weighted by atomic mass is 16.5. The van der Waals surface area contributed by atoms with E-state index in [4.69, 9.17) is 15.6 Å². The normalized spacial score (nSPS) is 24.3. The summed E-state index contributed by atoms with van der Waals surface area (Å²) in [4.78, 5) is 10.7. The molecular formula is C13H17NO3. The maximum absolute atomic E-state index is 10.7. The van der Waals surface area contributed by atoms with E-state index in [0.717, 1.165) is 19.3 Å². The zero-order valence-electron chi connectivity index (χ0n) is 9.63. The molecule has 0 bridgehead atoms. The van der Waals surface area contributed by atoms with Gasteiger partial charge in [0.2, 0.25) is 0 Å². The number of ether oxygens (including phenoxy) is 1. The number of benzene rings is 1. The van der Waals surface area contributed by atoms with E-state index in [-0.39, 0.29) is 17.7 Å². The van der Waals surface area contributed by atoms with Gasteiger partial charge >= 0.3 is 5.97 Å². The van der Waals surface area contributed by atoms with Crippen LogP contribution in [-0.2, 0) is 0 Å². The molecule has 1 aromatic carbocycles. The molecular weight excluding hydrogens is 218 g/mol. The number of nitrogens with two attached hydrogens (primary N) is 1. The van der Waals surface area contributed by atoms with Crippen molar-refractivity contribution in [3.05, 3.63) is 29.8 Å². The third-order valence-corrected chi connectivity index (χ3v) is 3.14. The van der Waals surface area contributed by atoms with Crippen LogP contribution >= 0.6 is 0 Å². The van der Waals surface area contributed by atoms with E-state index >= 15 is 0 Å². The van der Waals surface area contributed by atoms with E-state index in [1.165, 1.54) is 6.42 Å². The zero-order valence-corrected chi connectivity index (χ0v) is 9.63. The molecule has 3 N–H and O–H groups in total. The van der Waals surface area contributed by atoms with Crippen LogP contribution in [0.3, 0.4) is 0 Å². The summed E-state index contributed by atoms with van der Waals surface area (Å²) in [7, 11) is 0. The maximum Gasteiger partial charge on any atom is 0.335 e. The fourth-order valence-corrected chi connectivity index (χ4v) is 2.12. The van der Waals surface area contributed by atoms with Gasteiger partial charge in [0.15, 0.2) is 0 Å². The standard InChI is InChI=1S/C13H17NO3/c14-11-3-1-2-4-12(11)17-10-7-5-9(6-8-10)13(15)16/h5-8,11-12H,1-4,14H2,(H,15,16). The lowest BCUT2D eigenvalue weighted by Crippen LogP contribution is -2.41. The van der Waals surface area contributed by atoms with Gasteiger partial charge in [-0.15, -0.1) is 0 Å². The SMILES string of the molecule is NC1CCCCC1Oc1ccc(C(=O)O)cc1. The minimum absolute atomic E-state index is 0.0550. The highest BCUT2D eigenvalue weighted by molar-refractivity contribution is 5.87. The van der Waals surface area contributed by atoms with Gasteiger partial charge in [0, 0.05) is 6.04 Å². The summed E-state index contributed by atoms with van der Waals surface area (Å²) >= 11 is 0. The van der Waals surface area contributed by atoms with Crippen molar-refractivity contribution in [2.45, 2.75) is 37.8 Å². The third kappa shape index (κ3) is 2.97. The van der Waals surface area contributed by atoms with Crippen molar-refractivity contribution in [3.8, 4) is 5.75 Å². The number of hydrogen-bond acceptors (Lipinski definition) is 3. The maximum atomic E-state index is 10.7. The Balaban J connectivity index is 2.00. The van der Waals surface area contributed by atoms with Crippen LogP contribution in [0.1, 0.15) is 36.0 Å². The van der Waals surface area contributed by atoms with E-state index in [2.05, 4.69) is 0 Å². The Hall–Kier alpha value is -1.55. The number of rotatable bonds is 3. The molecule has 2 unspecified atom stereocenters. The lowest BCUT2D eigenvalue weighted by atomic mass is 9.93. The summed E-state index contributed by atoms with van der Waals surface area (Å²) in [5.74, 6) is -0.233. The predicted octanol–water partition coefficient (Wildman–Crippen LogP) is 2.03. The van der Waals surface area contributed by atoms with Gasteiger partial charge in [0.25, 0.3) is 0 Å². The smallest absolute Gasteiger partial charge is 0.335 e. The summed E-state index contributed by atoms with van der Waals surface area (Å²) in [6.45, 7) is 0.